The lowest BCUT2D eigenvalue weighted by Crippen LogP contribution is -2.12. The first-order chi connectivity index (χ1) is 19.3. The summed E-state index contributed by atoms with van der Waals surface area (Å²) in [4.78, 5) is 16.2. The minimum Gasteiger partial charge on any atom is -0.508 e. The smallest absolute Gasteiger partial charge is 0.303 e. The number of aryl methyl sites for hydroxylation is 1. The van der Waals surface area contributed by atoms with Crippen molar-refractivity contribution < 1.29 is 15.0 Å². The highest BCUT2D eigenvalue weighted by molar-refractivity contribution is 7.99. The molecule has 0 amide bonds. The number of carboxylic acids is 1. The van der Waals surface area contributed by atoms with Crippen molar-refractivity contribution in [3.8, 4) is 0 Å². The van der Waals surface area contributed by atoms with Crippen LogP contribution in [-0.4, -0.2) is 26.9 Å². The van der Waals surface area contributed by atoms with Gasteiger partial charge in [-0.05, 0) is 72.1 Å². The second-order valence-corrected chi connectivity index (χ2v) is 12.2. The molecule has 1 aliphatic rings. The number of aliphatic carboxylic acids is 1. The largest absolute Gasteiger partial charge is 0.508 e. The summed E-state index contributed by atoms with van der Waals surface area (Å²) < 4.78 is 0. The first-order valence-corrected chi connectivity index (χ1v) is 14.9. The minimum absolute atomic E-state index is 0.0786. The zero-order chi connectivity index (χ0) is 28.1. The molecule has 6 heteroatoms. The van der Waals surface area contributed by atoms with Crippen molar-refractivity contribution in [1.29, 1.82) is 0 Å². The lowest BCUT2D eigenvalue weighted by molar-refractivity contribution is -0.138. The Morgan fingerprint density at radius 3 is 2.60 bits per heavy atom. The summed E-state index contributed by atoms with van der Waals surface area (Å²) >= 11 is 8.00. The van der Waals surface area contributed by atoms with Crippen molar-refractivity contribution in [2.24, 2.45) is 5.41 Å². The maximum absolute atomic E-state index is 11.4. The van der Waals surface area contributed by atoms with E-state index in [2.05, 4.69) is 36.9 Å². The zero-order valence-corrected chi connectivity index (χ0v) is 23.8. The van der Waals surface area contributed by atoms with E-state index in [1.165, 1.54) is 5.56 Å². The molecule has 40 heavy (non-hydrogen) atoms. The monoisotopic (exact) mass is 569 g/mol. The van der Waals surface area contributed by atoms with Crippen molar-refractivity contribution in [3.05, 3.63) is 118 Å². The molecule has 4 nitrogen and oxygen atoms in total. The maximum Gasteiger partial charge on any atom is 0.303 e. The van der Waals surface area contributed by atoms with Gasteiger partial charge in [0, 0.05) is 27.0 Å². The molecular weight excluding hydrogens is 538 g/mol. The van der Waals surface area contributed by atoms with Crippen LogP contribution < -0.4 is 0 Å². The van der Waals surface area contributed by atoms with Crippen LogP contribution in [0.1, 0.15) is 58.9 Å². The summed E-state index contributed by atoms with van der Waals surface area (Å²) in [7, 11) is 0. The highest BCUT2D eigenvalue weighted by Crippen LogP contribution is 2.53. The quantitative estimate of drug-likeness (QED) is 0.166. The number of fused-ring (bicyclic) bond motifs is 1. The van der Waals surface area contributed by atoms with E-state index >= 15 is 0 Å². The average molecular weight is 570 g/mol. The molecule has 0 spiro atoms. The molecule has 0 saturated heterocycles. The molecule has 0 bridgehead atoms. The predicted octanol–water partition coefficient (Wildman–Crippen LogP) is 9.25. The Hall–Kier alpha value is -3.54. The summed E-state index contributed by atoms with van der Waals surface area (Å²) in [5.74, 6) is 0.179. The molecule has 3 aromatic carbocycles. The second kappa shape index (κ2) is 12.3. The first kappa shape index (κ1) is 28.0. The summed E-state index contributed by atoms with van der Waals surface area (Å²) in [5, 5.41) is 21.4. The highest BCUT2D eigenvalue weighted by atomic mass is 35.5. The number of benzene rings is 3. The van der Waals surface area contributed by atoms with Crippen molar-refractivity contribution in [3.63, 3.8) is 0 Å². The topological polar surface area (TPSA) is 70.4 Å². The van der Waals surface area contributed by atoms with Crippen LogP contribution in [0.15, 0.2) is 85.4 Å². The van der Waals surface area contributed by atoms with Crippen molar-refractivity contribution in [2.45, 2.75) is 37.4 Å². The third-order valence-corrected chi connectivity index (χ3v) is 9.41. The van der Waals surface area contributed by atoms with Crippen LogP contribution in [0, 0.1) is 5.41 Å². The van der Waals surface area contributed by atoms with E-state index in [0.29, 0.717) is 5.02 Å². The molecule has 0 unspecified atom stereocenters. The lowest BCUT2D eigenvalue weighted by atomic mass is 9.98. The van der Waals surface area contributed by atoms with Crippen LogP contribution in [0.5, 0.6) is 0 Å². The molecule has 1 aromatic heterocycles. The van der Waals surface area contributed by atoms with Crippen LogP contribution in [0.4, 0.5) is 0 Å². The van der Waals surface area contributed by atoms with Gasteiger partial charge in [-0.25, -0.2) is 4.98 Å². The molecule has 1 aliphatic carbocycles. The molecule has 2 N–H and O–H groups in total. The number of pyridine rings is 1. The third-order valence-electron chi connectivity index (χ3n) is 7.48. The Bertz CT molecular complexity index is 1580. The van der Waals surface area contributed by atoms with Gasteiger partial charge in [0.1, 0.15) is 5.76 Å². The Balaban J connectivity index is 1.36. The van der Waals surface area contributed by atoms with Gasteiger partial charge in [-0.2, -0.15) is 11.8 Å². The van der Waals surface area contributed by atoms with Crippen molar-refractivity contribution in [2.75, 3.05) is 5.75 Å². The predicted molar refractivity (Wildman–Crippen MR) is 168 cm³/mol. The average Bonchev–Trinajstić information content (AvgIpc) is 3.70. The number of rotatable bonds is 12. The number of nitrogens with zero attached hydrogens (tertiary/aromatic N) is 1. The number of aromatic nitrogens is 1. The molecule has 1 atom stereocenters. The number of aliphatic hydroxyl groups is 1. The van der Waals surface area contributed by atoms with E-state index in [9.17, 15) is 15.0 Å². The van der Waals surface area contributed by atoms with E-state index in [0.717, 1.165) is 64.7 Å². The van der Waals surface area contributed by atoms with Gasteiger partial charge in [-0.3, -0.25) is 4.79 Å². The summed E-state index contributed by atoms with van der Waals surface area (Å²) in [6.45, 7) is 3.73. The number of carbonyl (C=O) groups is 1. The molecule has 1 saturated carbocycles. The fraction of sp³-hybridized carbons (Fsp3) is 0.235. The van der Waals surface area contributed by atoms with Gasteiger partial charge in [-0.1, -0.05) is 84.9 Å². The number of aliphatic hydroxyl groups excluding tert-OH is 1. The van der Waals surface area contributed by atoms with Crippen LogP contribution in [0.3, 0.4) is 0 Å². The fourth-order valence-corrected chi connectivity index (χ4v) is 6.78. The minimum atomic E-state index is -0.721. The van der Waals surface area contributed by atoms with Crippen molar-refractivity contribution >= 4 is 58.1 Å². The summed E-state index contributed by atoms with van der Waals surface area (Å²) in [6.07, 6.45) is 7.89. The number of thioether (sulfide) groups is 1. The molecule has 5 rings (SSSR count). The summed E-state index contributed by atoms with van der Waals surface area (Å²) in [6, 6.07) is 26.1. The lowest BCUT2D eigenvalue weighted by Gasteiger charge is -2.21. The molecule has 1 heterocycles. The van der Waals surface area contributed by atoms with Crippen LogP contribution in [-0.2, 0) is 11.2 Å². The first-order valence-electron chi connectivity index (χ1n) is 13.4. The van der Waals surface area contributed by atoms with Crippen molar-refractivity contribution in [1.82, 2.24) is 4.98 Å². The second-order valence-electron chi connectivity index (χ2n) is 10.6. The molecule has 1 fully saturated rings. The van der Waals surface area contributed by atoms with E-state index in [1.54, 1.807) is 0 Å². The standard InChI is InChI=1S/C34H32ClNO3S/c1-23(37)30-8-3-2-6-25(30)12-16-32(40-22-34(17-18-34)21-33(38)39)27-7-4-5-24(19-27)9-14-29-15-11-26-10-13-28(35)20-31(26)36-29/h2-11,13-15,19-20,32,37H,1,12,16-18,21-22H2,(H,38,39)/b14-9+/t32-/m1/s1. The van der Waals surface area contributed by atoms with Gasteiger partial charge in [0.15, 0.2) is 0 Å². The number of halogens is 1. The number of carboxylic acid groups (broad SMARTS) is 1. The summed E-state index contributed by atoms with van der Waals surface area (Å²) in [5.41, 5.74) is 5.75. The van der Waals surface area contributed by atoms with Crippen LogP contribution in [0.25, 0.3) is 28.8 Å². The van der Waals surface area contributed by atoms with E-state index in [-0.39, 0.29) is 22.8 Å². The van der Waals surface area contributed by atoms with Gasteiger partial charge in [0.2, 0.25) is 0 Å². The zero-order valence-electron chi connectivity index (χ0n) is 22.2. The fourth-order valence-electron chi connectivity index (χ4n) is 5.04. The van der Waals surface area contributed by atoms with E-state index in [4.69, 9.17) is 16.6 Å². The van der Waals surface area contributed by atoms with Crippen LogP contribution >= 0.6 is 23.4 Å². The molecule has 204 valence electrons. The maximum atomic E-state index is 11.4. The normalized spacial score (nSPS) is 14.8. The Morgan fingerprint density at radius 2 is 1.82 bits per heavy atom. The molecule has 0 radical (unpaired) electrons. The van der Waals surface area contributed by atoms with Gasteiger partial charge >= 0.3 is 5.97 Å². The SMILES string of the molecule is C=C(O)c1ccccc1CC[C@@H](SCC1(CC(=O)O)CC1)c1cccc(/C=C/c2ccc3ccc(Cl)cc3n2)c1. The Labute approximate surface area is 244 Å². The molecular formula is C34H32ClNO3S. The molecule has 4 aromatic rings. The molecule has 0 aliphatic heterocycles. The Kier molecular flexibility index (Phi) is 8.63. The van der Waals surface area contributed by atoms with Gasteiger partial charge < -0.3 is 10.2 Å². The van der Waals surface area contributed by atoms with E-state index < -0.39 is 5.97 Å². The number of hydrogen-bond donors (Lipinski definition) is 2. The third kappa shape index (κ3) is 7.15. The van der Waals surface area contributed by atoms with Crippen LogP contribution in [0.2, 0.25) is 5.02 Å². The van der Waals surface area contributed by atoms with E-state index in [1.807, 2.05) is 72.4 Å². The van der Waals surface area contributed by atoms with Gasteiger partial charge in [0.05, 0.1) is 17.6 Å². The highest BCUT2D eigenvalue weighted by Gasteiger charge is 2.44. The van der Waals surface area contributed by atoms with Gasteiger partial charge in [-0.15, -0.1) is 0 Å². The Morgan fingerprint density at radius 1 is 1.02 bits per heavy atom. The van der Waals surface area contributed by atoms with Gasteiger partial charge in [0.25, 0.3) is 0 Å². The number of hydrogen-bond acceptors (Lipinski definition) is 4.